The highest BCUT2D eigenvalue weighted by Crippen LogP contribution is 2.27. The van der Waals surface area contributed by atoms with Gasteiger partial charge in [0.15, 0.2) is 4.96 Å². The second kappa shape index (κ2) is 7.16. The molecule has 5 rings (SSSR count). The van der Waals surface area contributed by atoms with Gasteiger partial charge in [0.1, 0.15) is 11.0 Å². The number of rotatable bonds is 3. The Morgan fingerprint density at radius 3 is 2.75 bits per heavy atom. The third kappa shape index (κ3) is 3.26. The second-order valence-electron chi connectivity index (χ2n) is 6.90. The summed E-state index contributed by atoms with van der Waals surface area (Å²) in [5, 5.41) is 4.51. The van der Waals surface area contributed by atoms with Crippen LogP contribution in [0.25, 0.3) is 15.7 Å². The Hall–Kier alpha value is -2.48. The van der Waals surface area contributed by atoms with Crippen LogP contribution >= 0.6 is 22.9 Å². The highest BCUT2D eigenvalue weighted by Gasteiger charge is 2.20. The Balaban J connectivity index is 1.30. The van der Waals surface area contributed by atoms with Crippen LogP contribution in [-0.2, 0) is 6.54 Å². The highest BCUT2D eigenvalue weighted by atomic mass is 35.5. The predicted molar refractivity (Wildman–Crippen MR) is 114 cm³/mol. The van der Waals surface area contributed by atoms with E-state index in [0.717, 1.165) is 53.4 Å². The van der Waals surface area contributed by atoms with E-state index in [9.17, 15) is 4.79 Å². The van der Waals surface area contributed by atoms with Gasteiger partial charge < -0.3 is 4.90 Å². The summed E-state index contributed by atoms with van der Waals surface area (Å²) < 4.78 is 1.58. The van der Waals surface area contributed by atoms with Crippen molar-refractivity contribution in [3.05, 3.63) is 69.2 Å². The molecule has 1 saturated heterocycles. The summed E-state index contributed by atoms with van der Waals surface area (Å²) in [6.45, 7) is 4.18. The largest absolute Gasteiger partial charge is 0.354 e. The topological polar surface area (TPSA) is 53.7 Å². The Bertz CT molecular complexity index is 1210. The summed E-state index contributed by atoms with van der Waals surface area (Å²) in [6, 6.07) is 11.8. The van der Waals surface area contributed by atoms with E-state index in [1.165, 1.54) is 11.3 Å². The molecule has 0 unspecified atom stereocenters. The Labute approximate surface area is 170 Å². The monoisotopic (exact) mass is 411 g/mol. The molecule has 4 heterocycles. The summed E-state index contributed by atoms with van der Waals surface area (Å²) in [7, 11) is 0. The van der Waals surface area contributed by atoms with E-state index in [1.807, 2.05) is 23.6 Å². The molecule has 1 fully saturated rings. The van der Waals surface area contributed by atoms with Gasteiger partial charge in [-0.05, 0) is 11.5 Å². The van der Waals surface area contributed by atoms with Crippen LogP contribution in [0.15, 0.2) is 52.8 Å². The van der Waals surface area contributed by atoms with Gasteiger partial charge in [-0.15, -0.1) is 11.3 Å². The molecule has 0 amide bonds. The van der Waals surface area contributed by atoms with Crippen molar-refractivity contribution >= 4 is 44.5 Å². The predicted octanol–water partition coefficient (Wildman–Crippen LogP) is 3.28. The number of benzene rings is 1. The lowest BCUT2D eigenvalue weighted by atomic mass is 10.1. The standard InChI is InChI=1S/C20H18ClN5OS/c21-19-16-4-2-1-3-14(16)11-17(23-19)25-7-5-24(6-8-25)13-15-12-18(27)26-9-10-28-20(26)22-15/h1-4,9-12H,5-8,13H2. The number of nitrogens with zero attached hydrogens (tertiary/aromatic N) is 5. The van der Waals surface area contributed by atoms with E-state index in [1.54, 1.807) is 16.7 Å². The van der Waals surface area contributed by atoms with Gasteiger partial charge >= 0.3 is 0 Å². The van der Waals surface area contributed by atoms with Gasteiger partial charge in [0.2, 0.25) is 0 Å². The second-order valence-corrected chi connectivity index (χ2v) is 8.13. The summed E-state index contributed by atoms with van der Waals surface area (Å²) >= 11 is 7.87. The van der Waals surface area contributed by atoms with Gasteiger partial charge in [-0.1, -0.05) is 35.9 Å². The number of hydrogen-bond donors (Lipinski definition) is 0. The molecular formula is C20H18ClN5OS. The van der Waals surface area contributed by atoms with Crippen LogP contribution in [0.5, 0.6) is 0 Å². The zero-order valence-corrected chi connectivity index (χ0v) is 16.7. The van der Waals surface area contributed by atoms with E-state index in [2.05, 4.69) is 31.9 Å². The minimum Gasteiger partial charge on any atom is -0.354 e. The first-order valence-electron chi connectivity index (χ1n) is 9.16. The van der Waals surface area contributed by atoms with Crippen LogP contribution in [-0.4, -0.2) is 45.4 Å². The molecule has 1 aliphatic heterocycles. The zero-order valence-electron chi connectivity index (χ0n) is 15.1. The number of aromatic nitrogens is 3. The quantitative estimate of drug-likeness (QED) is 0.484. The third-order valence-electron chi connectivity index (χ3n) is 5.12. The first-order chi connectivity index (χ1) is 13.7. The number of piperazine rings is 1. The maximum Gasteiger partial charge on any atom is 0.258 e. The van der Waals surface area contributed by atoms with Gasteiger partial charge in [0, 0.05) is 55.8 Å². The molecule has 1 aliphatic rings. The molecule has 4 aromatic rings. The molecule has 142 valence electrons. The fourth-order valence-corrected chi connectivity index (χ4v) is 4.64. The molecule has 28 heavy (non-hydrogen) atoms. The minimum absolute atomic E-state index is 0.0186. The summed E-state index contributed by atoms with van der Waals surface area (Å²) in [5.41, 5.74) is 0.808. The smallest absolute Gasteiger partial charge is 0.258 e. The van der Waals surface area contributed by atoms with Crippen LogP contribution in [0.4, 0.5) is 5.82 Å². The van der Waals surface area contributed by atoms with Crippen LogP contribution in [0.3, 0.4) is 0 Å². The number of pyridine rings is 1. The molecule has 8 heteroatoms. The number of anilines is 1. The molecule has 6 nitrogen and oxygen atoms in total. The molecule has 0 radical (unpaired) electrons. The SMILES string of the molecule is O=c1cc(CN2CCN(c3cc4ccccc4c(Cl)n3)CC2)nc2sccn12. The van der Waals surface area contributed by atoms with Crippen molar-refractivity contribution in [2.24, 2.45) is 0 Å². The molecule has 0 N–H and O–H groups in total. The van der Waals surface area contributed by atoms with E-state index < -0.39 is 0 Å². The fourth-order valence-electron chi connectivity index (χ4n) is 3.64. The van der Waals surface area contributed by atoms with Crippen LogP contribution in [0, 0.1) is 0 Å². The molecule has 1 aromatic carbocycles. The molecule has 0 bridgehead atoms. The van der Waals surface area contributed by atoms with E-state index >= 15 is 0 Å². The van der Waals surface area contributed by atoms with Crippen molar-refractivity contribution in [1.29, 1.82) is 0 Å². The molecule has 3 aromatic heterocycles. The fraction of sp³-hybridized carbons (Fsp3) is 0.250. The normalized spacial score (nSPS) is 15.5. The summed E-state index contributed by atoms with van der Waals surface area (Å²) in [4.78, 5) is 26.7. The maximum absolute atomic E-state index is 12.2. The number of hydrogen-bond acceptors (Lipinski definition) is 6. The van der Waals surface area contributed by atoms with Crippen molar-refractivity contribution in [1.82, 2.24) is 19.3 Å². The zero-order chi connectivity index (χ0) is 19.1. The summed E-state index contributed by atoms with van der Waals surface area (Å²) in [6.07, 6.45) is 1.76. The number of thiazole rings is 1. The first kappa shape index (κ1) is 17.6. The van der Waals surface area contributed by atoms with Gasteiger partial charge in [0.05, 0.1) is 5.69 Å². The van der Waals surface area contributed by atoms with Crippen LogP contribution < -0.4 is 10.5 Å². The lowest BCUT2D eigenvalue weighted by molar-refractivity contribution is 0.246. The van der Waals surface area contributed by atoms with Gasteiger partial charge in [-0.3, -0.25) is 14.1 Å². The van der Waals surface area contributed by atoms with Gasteiger partial charge in [-0.25, -0.2) is 9.97 Å². The number of halogens is 1. The van der Waals surface area contributed by atoms with Crippen molar-refractivity contribution in [3.8, 4) is 0 Å². The van der Waals surface area contributed by atoms with Crippen molar-refractivity contribution < 1.29 is 0 Å². The Morgan fingerprint density at radius 1 is 1.07 bits per heavy atom. The lowest BCUT2D eigenvalue weighted by Crippen LogP contribution is -2.46. The molecular weight excluding hydrogens is 394 g/mol. The van der Waals surface area contributed by atoms with E-state index in [-0.39, 0.29) is 5.56 Å². The number of fused-ring (bicyclic) bond motifs is 2. The maximum atomic E-state index is 12.2. The summed E-state index contributed by atoms with van der Waals surface area (Å²) in [5.74, 6) is 0.916. The first-order valence-corrected chi connectivity index (χ1v) is 10.4. The van der Waals surface area contributed by atoms with Crippen LogP contribution in [0.2, 0.25) is 5.15 Å². The molecule has 0 saturated carbocycles. The van der Waals surface area contributed by atoms with Crippen molar-refractivity contribution in [2.75, 3.05) is 31.1 Å². The van der Waals surface area contributed by atoms with Crippen molar-refractivity contribution in [3.63, 3.8) is 0 Å². The Kier molecular flexibility index (Phi) is 4.50. The van der Waals surface area contributed by atoms with E-state index in [0.29, 0.717) is 11.7 Å². The van der Waals surface area contributed by atoms with Gasteiger partial charge in [-0.2, -0.15) is 0 Å². The van der Waals surface area contributed by atoms with Crippen LogP contribution in [0.1, 0.15) is 5.69 Å². The minimum atomic E-state index is -0.0186. The van der Waals surface area contributed by atoms with Crippen molar-refractivity contribution in [2.45, 2.75) is 6.54 Å². The highest BCUT2D eigenvalue weighted by molar-refractivity contribution is 7.15. The average Bonchev–Trinajstić information content (AvgIpc) is 3.18. The molecule has 0 spiro atoms. The van der Waals surface area contributed by atoms with E-state index in [4.69, 9.17) is 11.6 Å². The Morgan fingerprint density at radius 2 is 1.89 bits per heavy atom. The molecule has 0 aliphatic carbocycles. The lowest BCUT2D eigenvalue weighted by Gasteiger charge is -2.35. The average molecular weight is 412 g/mol. The van der Waals surface area contributed by atoms with Gasteiger partial charge in [0.25, 0.3) is 5.56 Å². The third-order valence-corrected chi connectivity index (χ3v) is 6.16. The molecule has 0 atom stereocenters.